The first-order chi connectivity index (χ1) is 11.5. The number of thioether (sulfide) groups is 1. The van der Waals surface area contributed by atoms with Crippen LogP contribution in [0.15, 0.2) is 39.8 Å². The van der Waals surface area contributed by atoms with Gasteiger partial charge in [0.2, 0.25) is 0 Å². The van der Waals surface area contributed by atoms with Crippen LogP contribution in [-0.4, -0.2) is 25.2 Å². The van der Waals surface area contributed by atoms with E-state index in [0.29, 0.717) is 11.3 Å². The quantitative estimate of drug-likeness (QED) is 0.638. The second-order valence-electron chi connectivity index (χ2n) is 5.43. The SMILES string of the molecule is COC(=O)C[C@@H](NC(=O)c1c(C)coc1C)c1ccc(SC)cc1. The maximum absolute atomic E-state index is 12.6. The first-order valence-corrected chi connectivity index (χ1v) is 8.75. The van der Waals surface area contributed by atoms with Gasteiger partial charge >= 0.3 is 5.97 Å². The summed E-state index contributed by atoms with van der Waals surface area (Å²) in [5, 5.41) is 2.91. The van der Waals surface area contributed by atoms with Gasteiger partial charge in [-0.25, -0.2) is 0 Å². The number of furan rings is 1. The molecule has 0 fully saturated rings. The molecule has 0 unspecified atom stereocenters. The van der Waals surface area contributed by atoms with Crippen LogP contribution in [0.25, 0.3) is 0 Å². The number of aryl methyl sites for hydroxylation is 2. The van der Waals surface area contributed by atoms with Crippen LogP contribution >= 0.6 is 11.8 Å². The van der Waals surface area contributed by atoms with E-state index < -0.39 is 6.04 Å². The smallest absolute Gasteiger partial charge is 0.307 e. The minimum absolute atomic E-state index is 0.0663. The number of ether oxygens (including phenoxy) is 1. The molecular weight excluding hydrogens is 326 g/mol. The fourth-order valence-electron chi connectivity index (χ4n) is 2.48. The highest BCUT2D eigenvalue weighted by Gasteiger charge is 2.23. The molecule has 0 radical (unpaired) electrons. The van der Waals surface area contributed by atoms with Gasteiger partial charge in [-0.2, -0.15) is 0 Å². The molecule has 5 nitrogen and oxygen atoms in total. The summed E-state index contributed by atoms with van der Waals surface area (Å²) in [6.45, 7) is 3.55. The van der Waals surface area contributed by atoms with Gasteiger partial charge in [0.1, 0.15) is 5.76 Å². The van der Waals surface area contributed by atoms with E-state index in [1.807, 2.05) is 37.4 Å². The molecule has 1 N–H and O–H groups in total. The van der Waals surface area contributed by atoms with Crippen LogP contribution in [0.2, 0.25) is 0 Å². The van der Waals surface area contributed by atoms with Gasteiger partial charge < -0.3 is 14.5 Å². The molecule has 2 rings (SSSR count). The Morgan fingerprint density at radius 2 is 1.92 bits per heavy atom. The van der Waals surface area contributed by atoms with Gasteiger partial charge in [-0.1, -0.05) is 12.1 Å². The van der Waals surface area contributed by atoms with Crippen LogP contribution in [0.3, 0.4) is 0 Å². The number of carbonyl (C=O) groups excluding carboxylic acids is 2. The van der Waals surface area contributed by atoms with Gasteiger partial charge in [-0.05, 0) is 37.8 Å². The minimum Gasteiger partial charge on any atom is -0.469 e. The molecule has 0 spiro atoms. The molecule has 2 aromatic rings. The molecule has 0 aliphatic heterocycles. The van der Waals surface area contributed by atoms with E-state index in [-0.39, 0.29) is 18.3 Å². The maximum Gasteiger partial charge on any atom is 0.307 e. The van der Waals surface area contributed by atoms with Crippen molar-refractivity contribution in [2.24, 2.45) is 0 Å². The lowest BCUT2D eigenvalue weighted by molar-refractivity contribution is -0.141. The fraction of sp³-hybridized carbons (Fsp3) is 0.333. The Hall–Kier alpha value is -2.21. The predicted octanol–water partition coefficient (Wildman–Crippen LogP) is 3.65. The monoisotopic (exact) mass is 347 g/mol. The highest BCUT2D eigenvalue weighted by molar-refractivity contribution is 7.98. The molecule has 1 atom stereocenters. The molecule has 1 aromatic carbocycles. The Morgan fingerprint density at radius 1 is 1.25 bits per heavy atom. The van der Waals surface area contributed by atoms with E-state index in [1.54, 1.807) is 24.9 Å². The number of carbonyl (C=O) groups is 2. The number of benzene rings is 1. The predicted molar refractivity (Wildman–Crippen MR) is 93.2 cm³/mol. The van der Waals surface area contributed by atoms with Crippen molar-refractivity contribution in [2.75, 3.05) is 13.4 Å². The zero-order chi connectivity index (χ0) is 17.7. The topological polar surface area (TPSA) is 68.5 Å². The van der Waals surface area contributed by atoms with Crippen LogP contribution in [0.5, 0.6) is 0 Å². The van der Waals surface area contributed by atoms with E-state index in [0.717, 1.165) is 16.0 Å². The van der Waals surface area contributed by atoms with Crippen LogP contribution in [0.1, 0.15) is 39.7 Å². The average molecular weight is 347 g/mol. The van der Waals surface area contributed by atoms with E-state index in [4.69, 9.17) is 9.15 Å². The fourth-order valence-corrected chi connectivity index (χ4v) is 2.89. The standard InChI is InChI=1S/C18H21NO4S/c1-11-10-23-12(2)17(11)18(21)19-15(9-16(20)22-3)13-5-7-14(24-4)8-6-13/h5-8,10,15H,9H2,1-4H3,(H,19,21)/t15-/m1/s1. The first kappa shape index (κ1) is 18.1. The molecule has 0 aliphatic rings. The summed E-state index contributed by atoms with van der Waals surface area (Å²) in [6.07, 6.45) is 3.61. The molecule has 1 aromatic heterocycles. The highest BCUT2D eigenvalue weighted by atomic mass is 32.2. The normalized spacial score (nSPS) is 11.8. The third-order valence-electron chi connectivity index (χ3n) is 3.81. The van der Waals surface area contributed by atoms with E-state index >= 15 is 0 Å². The third kappa shape index (κ3) is 4.20. The van der Waals surface area contributed by atoms with Gasteiger partial charge in [0.25, 0.3) is 5.91 Å². The molecule has 0 aliphatic carbocycles. The summed E-state index contributed by atoms with van der Waals surface area (Å²) in [7, 11) is 1.34. The molecule has 0 saturated heterocycles. The Morgan fingerprint density at radius 3 is 2.42 bits per heavy atom. The van der Waals surface area contributed by atoms with Crippen molar-refractivity contribution in [3.8, 4) is 0 Å². The van der Waals surface area contributed by atoms with Crippen LogP contribution in [-0.2, 0) is 9.53 Å². The number of nitrogens with one attached hydrogen (secondary N) is 1. The first-order valence-electron chi connectivity index (χ1n) is 7.52. The number of hydrogen-bond acceptors (Lipinski definition) is 5. The molecule has 0 bridgehead atoms. The van der Waals surface area contributed by atoms with Crippen molar-refractivity contribution in [2.45, 2.75) is 31.2 Å². The molecular formula is C18H21NO4S. The summed E-state index contributed by atoms with van der Waals surface area (Å²) < 4.78 is 10.0. The molecule has 128 valence electrons. The van der Waals surface area contributed by atoms with Crippen molar-refractivity contribution in [1.29, 1.82) is 0 Å². The van der Waals surface area contributed by atoms with Crippen molar-refractivity contribution in [3.05, 3.63) is 53.0 Å². The zero-order valence-corrected chi connectivity index (χ0v) is 15.0. The van der Waals surface area contributed by atoms with Crippen molar-refractivity contribution >= 4 is 23.6 Å². The highest BCUT2D eigenvalue weighted by Crippen LogP contribution is 2.23. The summed E-state index contributed by atoms with van der Waals surface area (Å²) >= 11 is 1.63. The summed E-state index contributed by atoms with van der Waals surface area (Å²) in [5.74, 6) is -0.0870. The second-order valence-corrected chi connectivity index (χ2v) is 6.31. The number of hydrogen-bond donors (Lipinski definition) is 1. The van der Waals surface area contributed by atoms with Gasteiger partial charge in [-0.3, -0.25) is 9.59 Å². The lowest BCUT2D eigenvalue weighted by Crippen LogP contribution is -2.31. The average Bonchev–Trinajstić information content (AvgIpc) is 2.92. The maximum atomic E-state index is 12.6. The molecule has 1 heterocycles. The summed E-state index contributed by atoms with van der Waals surface area (Å²) in [5.41, 5.74) is 2.12. The van der Waals surface area contributed by atoms with Crippen molar-refractivity contribution in [3.63, 3.8) is 0 Å². The lowest BCUT2D eigenvalue weighted by Gasteiger charge is -2.18. The summed E-state index contributed by atoms with van der Waals surface area (Å²) in [6, 6.07) is 7.29. The molecule has 0 saturated carbocycles. The van der Waals surface area contributed by atoms with Crippen LogP contribution < -0.4 is 5.32 Å². The van der Waals surface area contributed by atoms with Gasteiger partial charge in [0.05, 0.1) is 31.4 Å². The van der Waals surface area contributed by atoms with Gasteiger partial charge in [0, 0.05) is 10.5 Å². The number of methoxy groups -OCH3 is 1. The number of amides is 1. The summed E-state index contributed by atoms with van der Waals surface area (Å²) in [4.78, 5) is 25.4. The van der Waals surface area contributed by atoms with E-state index in [2.05, 4.69) is 5.32 Å². The largest absolute Gasteiger partial charge is 0.469 e. The molecule has 24 heavy (non-hydrogen) atoms. The van der Waals surface area contributed by atoms with Crippen LogP contribution in [0, 0.1) is 13.8 Å². The molecule has 1 amide bonds. The Kier molecular flexibility index (Phi) is 6.09. The van der Waals surface area contributed by atoms with Crippen molar-refractivity contribution < 1.29 is 18.7 Å². The minimum atomic E-state index is -0.463. The van der Waals surface area contributed by atoms with Crippen molar-refractivity contribution in [1.82, 2.24) is 5.32 Å². The zero-order valence-electron chi connectivity index (χ0n) is 14.2. The third-order valence-corrected chi connectivity index (χ3v) is 4.55. The molecule has 6 heteroatoms. The second kappa shape index (κ2) is 8.06. The Labute approximate surface area is 145 Å². The van der Waals surface area contributed by atoms with Crippen LogP contribution in [0.4, 0.5) is 0 Å². The van der Waals surface area contributed by atoms with Gasteiger partial charge in [0.15, 0.2) is 0 Å². The van der Waals surface area contributed by atoms with E-state index in [1.165, 1.54) is 7.11 Å². The Bertz CT molecular complexity index is 702. The van der Waals surface area contributed by atoms with E-state index in [9.17, 15) is 9.59 Å². The number of rotatable bonds is 6. The lowest BCUT2D eigenvalue weighted by atomic mass is 10.0. The van der Waals surface area contributed by atoms with Gasteiger partial charge in [-0.15, -0.1) is 11.8 Å². The number of esters is 1. The Balaban J connectivity index is 2.25.